The van der Waals surface area contributed by atoms with Crippen LogP contribution in [0.5, 0.6) is 5.75 Å². The number of rotatable bonds is 0. The first-order chi connectivity index (χ1) is 5.38. The number of hydrogen-bond acceptors (Lipinski definition) is 1. The topological polar surface area (TPSA) is 20.2 Å². The van der Waals surface area contributed by atoms with Crippen LogP contribution in [-0.4, -0.2) is 5.11 Å². The predicted molar refractivity (Wildman–Crippen MR) is 44.4 cm³/mol. The van der Waals surface area contributed by atoms with Crippen molar-refractivity contribution in [2.75, 3.05) is 0 Å². The van der Waals surface area contributed by atoms with Crippen molar-refractivity contribution in [3.8, 4) is 5.75 Å². The van der Waals surface area contributed by atoms with E-state index in [2.05, 4.69) is 6.07 Å². The molecule has 1 N–H and O–H groups in total. The summed E-state index contributed by atoms with van der Waals surface area (Å²) in [6.45, 7) is 0. The molecule has 0 fully saturated rings. The Morgan fingerprint density at radius 2 is 1.85 bits per heavy atom. The van der Waals surface area contributed by atoms with Gasteiger partial charge < -0.3 is 5.11 Å². The van der Waals surface area contributed by atoms with E-state index < -0.39 is 0 Å². The van der Waals surface area contributed by atoms with E-state index in [0.29, 0.717) is 5.75 Å². The van der Waals surface area contributed by atoms with Gasteiger partial charge in [0.15, 0.2) is 0 Å². The second-order valence-electron chi connectivity index (χ2n) is 2.41. The fraction of sp³-hybridized carbons (Fsp3) is 0. The van der Waals surface area contributed by atoms with E-state index in [1.54, 1.807) is 6.07 Å². The molecule has 0 amide bonds. The molecular weight excluding hydrogens is 409 g/mol. The first-order valence-electron chi connectivity index (χ1n) is 3.46. The summed E-state index contributed by atoms with van der Waals surface area (Å²) >= 11 is 0. The molecule has 0 atom stereocenters. The van der Waals surface area contributed by atoms with Crippen molar-refractivity contribution >= 4 is 10.8 Å². The summed E-state index contributed by atoms with van der Waals surface area (Å²) < 4.78 is 0. The number of benzene rings is 2. The predicted octanol–water partition coefficient (Wildman–Crippen LogP) is 2.34. The number of phenolic OH excluding ortho intramolecular Hbond substituents is 1. The molecule has 1 radical (unpaired) electrons. The van der Waals surface area contributed by atoms with E-state index in [9.17, 15) is 5.11 Å². The maximum atomic E-state index is 9.35. The molecule has 0 bridgehead atoms. The van der Waals surface area contributed by atoms with Crippen LogP contribution in [0.4, 0.5) is 0 Å². The molecule has 0 heterocycles. The van der Waals surface area contributed by atoms with Gasteiger partial charge >= 0.3 is 0 Å². The Morgan fingerprint density at radius 1 is 1.08 bits per heavy atom. The first kappa shape index (κ1) is 13.3. The zero-order chi connectivity index (χ0) is 7.68. The number of hydrogen-bond donors (Lipinski definition) is 1. The molecule has 0 aliphatic heterocycles. The Kier molecular flexibility index (Phi) is 6.04. The molecule has 2 rings (SSSR count). The second kappa shape index (κ2) is 5.91. The largest absolute Gasteiger partial charge is 0.517 e. The Hall–Kier alpha value is 0.292. The summed E-state index contributed by atoms with van der Waals surface area (Å²) in [7, 11) is 0. The molecule has 0 unspecified atom stereocenters. The maximum Gasteiger partial charge on any atom is 0.0804 e. The standard InChI is InChI=1S/C10H7O.W.Y/c11-10-7-3-5-8-4-1-2-6-9(8)10;;/h1-3,5-7,11H;;/q-1;;. The monoisotopic (exact) mass is 416 g/mol. The molecule has 2 aromatic rings. The van der Waals surface area contributed by atoms with E-state index >= 15 is 0 Å². The van der Waals surface area contributed by atoms with Crippen LogP contribution in [0.15, 0.2) is 36.4 Å². The van der Waals surface area contributed by atoms with E-state index in [1.165, 1.54) is 0 Å². The first-order valence-corrected chi connectivity index (χ1v) is 3.46. The third kappa shape index (κ3) is 2.87. The van der Waals surface area contributed by atoms with E-state index in [1.807, 2.05) is 30.3 Å². The Balaban J connectivity index is 0.000000720. The van der Waals surface area contributed by atoms with Gasteiger partial charge in [0.2, 0.25) is 0 Å². The molecular formula is C10H7OWY-. The van der Waals surface area contributed by atoms with Crippen molar-refractivity contribution < 1.29 is 58.9 Å². The number of fused-ring (bicyclic) bond motifs is 1. The summed E-state index contributed by atoms with van der Waals surface area (Å²) in [5.41, 5.74) is 0. The van der Waals surface area contributed by atoms with Crippen LogP contribution in [0.2, 0.25) is 0 Å². The van der Waals surface area contributed by atoms with Crippen LogP contribution in [0.25, 0.3) is 10.8 Å². The van der Waals surface area contributed by atoms with Gasteiger partial charge in [0.1, 0.15) is 0 Å². The van der Waals surface area contributed by atoms with Crippen molar-refractivity contribution in [2.24, 2.45) is 0 Å². The number of aromatic hydroxyl groups is 1. The molecule has 63 valence electrons. The fourth-order valence-corrected chi connectivity index (χ4v) is 1.14. The third-order valence-corrected chi connectivity index (χ3v) is 1.68. The minimum atomic E-state index is 0. The summed E-state index contributed by atoms with van der Waals surface area (Å²) in [4.78, 5) is 0. The van der Waals surface area contributed by atoms with Crippen LogP contribution < -0.4 is 0 Å². The zero-order valence-electron chi connectivity index (χ0n) is 6.90. The fourth-order valence-electron chi connectivity index (χ4n) is 1.14. The summed E-state index contributed by atoms with van der Waals surface area (Å²) in [5, 5.41) is 11.2. The van der Waals surface area contributed by atoms with Crippen LogP contribution in [-0.2, 0) is 53.8 Å². The average Bonchev–Trinajstić information content (AvgIpc) is 2.06. The van der Waals surface area contributed by atoms with Crippen LogP contribution in [0.1, 0.15) is 0 Å². The Bertz CT molecular complexity index is 384. The quantitative estimate of drug-likeness (QED) is 0.655. The third-order valence-electron chi connectivity index (χ3n) is 1.68. The van der Waals surface area contributed by atoms with Gasteiger partial charge in [0.25, 0.3) is 0 Å². The molecule has 0 aliphatic rings. The van der Waals surface area contributed by atoms with Gasteiger partial charge in [-0.2, -0.15) is 0 Å². The smallest absolute Gasteiger partial charge is 0.0804 e. The van der Waals surface area contributed by atoms with Gasteiger partial charge in [0, 0.05) is 53.8 Å². The minimum Gasteiger partial charge on any atom is -0.517 e. The van der Waals surface area contributed by atoms with Crippen LogP contribution in [0.3, 0.4) is 0 Å². The Labute approximate surface area is 117 Å². The van der Waals surface area contributed by atoms with Gasteiger partial charge in [-0.15, -0.1) is 41.8 Å². The van der Waals surface area contributed by atoms with Gasteiger partial charge in [-0.1, -0.05) is 5.39 Å². The van der Waals surface area contributed by atoms with Crippen molar-refractivity contribution in [1.29, 1.82) is 0 Å². The van der Waals surface area contributed by atoms with E-state index in [0.717, 1.165) is 10.8 Å². The molecule has 3 heteroatoms. The van der Waals surface area contributed by atoms with Crippen molar-refractivity contribution in [3.63, 3.8) is 0 Å². The summed E-state index contributed by atoms with van der Waals surface area (Å²) in [6.07, 6.45) is 0. The molecule has 13 heavy (non-hydrogen) atoms. The molecule has 0 aliphatic carbocycles. The van der Waals surface area contributed by atoms with Crippen molar-refractivity contribution in [2.45, 2.75) is 0 Å². The Morgan fingerprint density at radius 3 is 2.54 bits per heavy atom. The van der Waals surface area contributed by atoms with Crippen LogP contribution >= 0.6 is 0 Å². The van der Waals surface area contributed by atoms with Gasteiger partial charge in [0.05, 0.1) is 5.75 Å². The molecule has 0 saturated heterocycles. The number of phenols is 1. The van der Waals surface area contributed by atoms with Gasteiger partial charge in [-0.25, -0.2) is 0 Å². The molecule has 1 nitrogen and oxygen atoms in total. The van der Waals surface area contributed by atoms with Gasteiger partial charge in [-0.05, 0) is 6.07 Å². The minimum absolute atomic E-state index is 0. The summed E-state index contributed by atoms with van der Waals surface area (Å²) in [6, 6.07) is 14.0. The van der Waals surface area contributed by atoms with Gasteiger partial charge in [-0.3, -0.25) is 0 Å². The molecule has 0 spiro atoms. The molecule has 0 saturated carbocycles. The van der Waals surface area contributed by atoms with Crippen molar-refractivity contribution in [1.82, 2.24) is 0 Å². The SMILES string of the molecule is Oc1cccc2[c-]cccc12.[W].[Y]. The van der Waals surface area contributed by atoms with E-state index in [4.69, 9.17) is 0 Å². The summed E-state index contributed by atoms with van der Waals surface area (Å²) in [5.74, 6) is 0.319. The van der Waals surface area contributed by atoms with Crippen LogP contribution in [0, 0.1) is 6.07 Å². The zero-order valence-corrected chi connectivity index (χ0v) is 12.7. The van der Waals surface area contributed by atoms with Crippen molar-refractivity contribution in [3.05, 3.63) is 42.5 Å². The molecule has 0 aromatic heterocycles. The van der Waals surface area contributed by atoms with E-state index in [-0.39, 0.29) is 53.8 Å². The molecule has 2 aromatic carbocycles. The second-order valence-corrected chi connectivity index (χ2v) is 2.41. The maximum absolute atomic E-state index is 9.35. The average molecular weight is 416 g/mol. The normalized spacial score (nSPS) is 8.62.